The van der Waals surface area contributed by atoms with Crippen LogP contribution in [0.3, 0.4) is 0 Å². The van der Waals surface area contributed by atoms with Crippen LogP contribution in [0.1, 0.15) is 58.8 Å². The molecule has 0 spiro atoms. The van der Waals surface area contributed by atoms with Gasteiger partial charge in [-0.1, -0.05) is 18.6 Å². The van der Waals surface area contributed by atoms with E-state index in [0.29, 0.717) is 0 Å². The van der Waals surface area contributed by atoms with E-state index in [1.807, 2.05) is 0 Å². The Labute approximate surface area is 95.5 Å². The summed E-state index contributed by atoms with van der Waals surface area (Å²) in [5, 5.41) is 0. The average molecular weight is 209 g/mol. The van der Waals surface area contributed by atoms with E-state index < -0.39 is 0 Å². The van der Waals surface area contributed by atoms with Gasteiger partial charge in [0.05, 0.1) is 0 Å². The van der Waals surface area contributed by atoms with Crippen LogP contribution in [-0.4, -0.2) is 24.0 Å². The molecule has 0 radical (unpaired) electrons. The fourth-order valence-corrected chi connectivity index (χ4v) is 2.19. The first-order chi connectivity index (χ1) is 7.30. The number of nitrogens with zero attached hydrogens (tertiary/aromatic N) is 1. The Kier molecular flexibility index (Phi) is 6.74. The molecule has 1 rings (SSSR count). The van der Waals surface area contributed by atoms with Crippen molar-refractivity contribution in [3.63, 3.8) is 0 Å². The van der Waals surface area contributed by atoms with Crippen LogP contribution in [0.25, 0.3) is 0 Å². The van der Waals surface area contributed by atoms with Gasteiger partial charge in [0.15, 0.2) is 0 Å². The number of allylic oxidation sites excluding steroid dienone is 2. The second kappa shape index (κ2) is 7.92. The Morgan fingerprint density at radius 2 is 1.33 bits per heavy atom. The van der Waals surface area contributed by atoms with Gasteiger partial charge in [-0.3, -0.25) is 0 Å². The molecule has 0 aromatic heterocycles. The Bertz CT molecular complexity index is 172. The van der Waals surface area contributed by atoms with E-state index in [2.05, 4.69) is 30.9 Å². The second-order valence-electron chi connectivity index (χ2n) is 4.95. The highest BCUT2D eigenvalue weighted by Gasteiger charge is 2.08. The van der Waals surface area contributed by atoms with Crippen LogP contribution in [-0.2, 0) is 0 Å². The van der Waals surface area contributed by atoms with Gasteiger partial charge < -0.3 is 4.90 Å². The van der Waals surface area contributed by atoms with Gasteiger partial charge in [-0.15, -0.1) is 0 Å². The van der Waals surface area contributed by atoms with E-state index in [1.165, 1.54) is 58.0 Å². The predicted molar refractivity (Wildman–Crippen MR) is 68.2 cm³/mol. The molecule has 0 aliphatic carbocycles. The van der Waals surface area contributed by atoms with Crippen molar-refractivity contribution in [3.8, 4) is 0 Å². The lowest BCUT2D eigenvalue weighted by Crippen LogP contribution is -2.32. The molecule has 1 aliphatic rings. The standard InChI is InChI=1S/C14H27N/c1-14(2)15-12-10-8-6-4-3-5-7-9-11-13-15/h3-4,14H,5-13H2,1-2H3/b4-3-. The molecule has 0 N–H and O–H groups in total. The van der Waals surface area contributed by atoms with Crippen molar-refractivity contribution in [1.82, 2.24) is 4.90 Å². The van der Waals surface area contributed by atoms with Gasteiger partial charge in [0.1, 0.15) is 0 Å². The topological polar surface area (TPSA) is 3.24 Å². The SMILES string of the molecule is CC(C)N1CCCC/C=C\CCCCC1. The Balaban J connectivity index is 2.32. The molecule has 0 atom stereocenters. The molecule has 0 saturated heterocycles. The summed E-state index contributed by atoms with van der Waals surface area (Å²) in [4.78, 5) is 2.64. The maximum Gasteiger partial charge on any atom is 0.00385 e. The zero-order valence-electron chi connectivity index (χ0n) is 10.5. The Morgan fingerprint density at radius 3 is 1.93 bits per heavy atom. The summed E-state index contributed by atoms with van der Waals surface area (Å²) < 4.78 is 0. The molecule has 0 aromatic rings. The van der Waals surface area contributed by atoms with Crippen molar-refractivity contribution >= 4 is 0 Å². The maximum atomic E-state index is 2.64. The largest absolute Gasteiger partial charge is 0.301 e. The van der Waals surface area contributed by atoms with Crippen LogP contribution in [0.15, 0.2) is 12.2 Å². The average Bonchev–Trinajstić information content (AvgIpc) is 2.18. The monoisotopic (exact) mass is 209 g/mol. The Morgan fingerprint density at radius 1 is 0.800 bits per heavy atom. The van der Waals surface area contributed by atoms with E-state index >= 15 is 0 Å². The molecule has 0 unspecified atom stereocenters. The highest BCUT2D eigenvalue weighted by Crippen LogP contribution is 2.10. The van der Waals surface area contributed by atoms with Crippen LogP contribution in [0.2, 0.25) is 0 Å². The zero-order chi connectivity index (χ0) is 10.9. The van der Waals surface area contributed by atoms with Crippen molar-refractivity contribution in [1.29, 1.82) is 0 Å². The lowest BCUT2D eigenvalue weighted by molar-refractivity contribution is 0.213. The normalized spacial score (nSPS) is 24.5. The minimum atomic E-state index is 0.725. The lowest BCUT2D eigenvalue weighted by Gasteiger charge is -2.26. The highest BCUT2D eigenvalue weighted by atomic mass is 15.1. The maximum absolute atomic E-state index is 2.64. The van der Waals surface area contributed by atoms with Crippen LogP contribution in [0, 0.1) is 0 Å². The van der Waals surface area contributed by atoms with Gasteiger partial charge >= 0.3 is 0 Å². The van der Waals surface area contributed by atoms with Crippen molar-refractivity contribution < 1.29 is 0 Å². The van der Waals surface area contributed by atoms with E-state index in [9.17, 15) is 0 Å². The lowest BCUT2D eigenvalue weighted by atomic mass is 10.1. The summed E-state index contributed by atoms with van der Waals surface area (Å²) in [7, 11) is 0. The molecule has 1 aliphatic heterocycles. The van der Waals surface area contributed by atoms with Crippen LogP contribution >= 0.6 is 0 Å². The van der Waals surface area contributed by atoms with Crippen LogP contribution < -0.4 is 0 Å². The zero-order valence-corrected chi connectivity index (χ0v) is 10.5. The fraction of sp³-hybridized carbons (Fsp3) is 0.857. The summed E-state index contributed by atoms with van der Waals surface area (Å²) in [5.74, 6) is 0. The molecule has 1 heteroatoms. The molecule has 1 nitrogen and oxygen atoms in total. The summed E-state index contributed by atoms with van der Waals surface area (Å²) in [5.41, 5.74) is 0. The van der Waals surface area contributed by atoms with Gasteiger partial charge in [0, 0.05) is 6.04 Å². The fourth-order valence-electron chi connectivity index (χ4n) is 2.19. The van der Waals surface area contributed by atoms with E-state index in [0.717, 1.165) is 6.04 Å². The van der Waals surface area contributed by atoms with Crippen molar-refractivity contribution in [2.24, 2.45) is 0 Å². The van der Waals surface area contributed by atoms with E-state index in [4.69, 9.17) is 0 Å². The van der Waals surface area contributed by atoms with Gasteiger partial charge in [0.25, 0.3) is 0 Å². The van der Waals surface area contributed by atoms with Crippen molar-refractivity contribution in [2.75, 3.05) is 13.1 Å². The molecule has 0 fully saturated rings. The summed E-state index contributed by atoms with van der Waals surface area (Å²) >= 11 is 0. The van der Waals surface area contributed by atoms with Gasteiger partial charge in [-0.2, -0.15) is 0 Å². The molecule has 0 amide bonds. The molecule has 1 heterocycles. The second-order valence-corrected chi connectivity index (χ2v) is 4.95. The summed E-state index contributed by atoms with van der Waals surface area (Å²) in [6, 6.07) is 0.725. The molecule has 0 aromatic carbocycles. The van der Waals surface area contributed by atoms with Crippen LogP contribution in [0.4, 0.5) is 0 Å². The van der Waals surface area contributed by atoms with E-state index in [1.54, 1.807) is 0 Å². The first-order valence-corrected chi connectivity index (χ1v) is 6.70. The molecule has 88 valence electrons. The van der Waals surface area contributed by atoms with Crippen LogP contribution in [0.5, 0.6) is 0 Å². The quantitative estimate of drug-likeness (QED) is 0.590. The molecular formula is C14H27N. The predicted octanol–water partition coefficient (Wildman–Crippen LogP) is 4.00. The first kappa shape index (κ1) is 12.8. The third-order valence-electron chi connectivity index (χ3n) is 3.28. The highest BCUT2D eigenvalue weighted by molar-refractivity contribution is 4.82. The minimum Gasteiger partial charge on any atom is -0.301 e. The minimum absolute atomic E-state index is 0.725. The van der Waals surface area contributed by atoms with Crippen molar-refractivity contribution in [3.05, 3.63) is 12.2 Å². The third kappa shape index (κ3) is 5.99. The first-order valence-electron chi connectivity index (χ1n) is 6.70. The van der Waals surface area contributed by atoms with Crippen molar-refractivity contribution in [2.45, 2.75) is 64.8 Å². The van der Waals surface area contributed by atoms with E-state index in [-0.39, 0.29) is 0 Å². The number of rotatable bonds is 1. The molecule has 0 saturated carbocycles. The van der Waals surface area contributed by atoms with Gasteiger partial charge in [-0.05, 0) is 65.5 Å². The molecular weight excluding hydrogens is 182 g/mol. The Hall–Kier alpha value is -0.300. The number of hydrogen-bond acceptors (Lipinski definition) is 1. The summed E-state index contributed by atoms with van der Waals surface area (Å²) in [6.45, 7) is 7.25. The smallest absolute Gasteiger partial charge is 0.00385 e. The number of hydrogen-bond donors (Lipinski definition) is 0. The van der Waals surface area contributed by atoms with Gasteiger partial charge in [0.2, 0.25) is 0 Å². The summed E-state index contributed by atoms with van der Waals surface area (Å²) in [6.07, 6.45) is 14.2. The molecule has 0 bridgehead atoms. The third-order valence-corrected chi connectivity index (χ3v) is 3.28. The van der Waals surface area contributed by atoms with Gasteiger partial charge in [-0.25, -0.2) is 0 Å². The molecule has 15 heavy (non-hydrogen) atoms.